The van der Waals surface area contributed by atoms with E-state index in [0.29, 0.717) is 64.2 Å². The molecule has 35 atom stereocenters. The fourth-order valence-corrected chi connectivity index (χ4v) is 24.2. The van der Waals surface area contributed by atoms with E-state index in [9.17, 15) is 71.9 Å². The van der Waals surface area contributed by atoms with E-state index >= 15 is 0 Å². The quantitative estimate of drug-likeness (QED) is 0.0640. The Morgan fingerprint density at radius 1 is 0.333 bits per heavy atom. The van der Waals surface area contributed by atoms with Crippen molar-refractivity contribution in [3.63, 3.8) is 0 Å². The Morgan fingerprint density at radius 2 is 0.577 bits per heavy atom. The second-order valence-corrected chi connectivity index (χ2v) is 40.0. The third kappa shape index (κ3) is 17.4. The first-order valence-electron chi connectivity index (χ1n) is 46.6. The van der Waals surface area contributed by atoms with Crippen molar-refractivity contribution >= 4 is 89.5 Å². The van der Waals surface area contributed by atoms with E-state index in [1.54, 1.807) is 27.7 Å². The second-order valence-electron chi connectivity index (χ2n) is 40.0. The van der Waals surface area contributed by atoms with Crippen LogP contribution in [0.25, 0.3) is 0 Å². The van der Waals surface area contributed by atoms with Gasteiger partial charge >= 0.3 is 89.5 Å². The minimum Gasteiger partial charge on any atom is -0.466 e. The van der Waals surface area contributed by atoms with Crippen molar-refractivity contribution < 1.29 is 143 Å². The molecule has 18 fully saturated rings. The number of hydrogen-bond donors (Lipinski definition) is 0. The van der Waals surface area contributed by atoms with E-state index < -0.39 is 113 Å². The third-order valence-electron chi connectivity index (χ3n) is 31.5. The summed E-state index contributed by atoms with van der Waals surface area (Å²) < 4.78 is 83.7. The first kappa shape index (κ1) is 91.3. The predicted molar refractivity (Wildman–Crippen MR) is 426 cm³/mol. The summed E-state index contributed by atoms with van der Waals surface area (Å²) in [5.41, 5.74) is -1.05. The van der Waals surface area contributed by atoms with Gasteiger partial charge in [0.2, 0.25) is 0 Å². The first-order chi connectivity index (χ1) is 58.5. The van der Waals surface area contributed by atoms with Crippen molar-refractivity contribution in [1.29, 1.82) is 0 Å². The van der Waals surface area contributed by atoms with Crippen LogP contribution in [0.3, 0.4) is 0 Å². The number of hydrogen-bond acceptors (Lipinski definition) is 30. The summed E-state index contributed by atoms with van der Waals surface area (Å²) in [5, 5.41) is 0. The number of carbonyl (C=O) groups is 15. The molecule has 0 aromatic heterocycles. The molecule has 13 aliphatic carbocycles. The van der Waals surface area contributed by atoms with E-state index in [1.807, 2.05) is 76.2 Å². The van der Waals surface area contributed by atoms with E-state index in [1.165, 1.54) is 6.42 Å². The topological polar surface area (TPSA) is 394 Å². The number of ether oxygens (including phenoxy) is 15. The Hall–Kier alpha value is -7.95. The molecule has 0 aromatic carbocycles. The fourth-order valence-electron chi connectivity index (χ4n) is 24.2. The lowest BCUT2D eigenvalue weighted by Gasteiger charge is -2.33. The van der Waals surface area contributed by atoms with Gasteiger partial charge in [-0.2, -0.15) is 0 Å². The molecule has 5 aliphatic heterocycles. The van der Waals surface area contributed by atoms with Crippen LogP contribution in [0.4, 0.5) is 0 Å². The van der Waals surface area contributed by atoms with Crippen LogP contribution in [0, 0.1) is 148 Å². The van der Waals surface area contributed by atoms with Crippen LogP contribution in [-0.4, -0.2) is 181 Å². The van der Waals surface area contributed by atoms with Gasteiger partial charge in [-0.25, -0.2) is 0 Å². The normalized spacial score (nSPS) is 39.5. The lowest BCUT2D eigenvalue weighted by atomic mass is 9.78. The van der Waals surface area contributed by atoms with Gasteiger partial charge in [0.05, 0.1) is 95.4 Å². The molecule has 0 spiro atoms. The molecule has 30 heteroatoms. The highest BCUT2D eigenvalue weighted by atomic mass is 16.6. The number of carbonyl (C=O) groups excluding carboxylic acids is 15. The summed E-state index contributed by atoms with van der Waals surface area (Å²) in [5.74, 6) is -11.6. The molecule has 5 saturated heterocycles. The maximum Gasteiger partial charge on any atom is 0.310 e. The molecule has 0 radical (unpaired) electrons. The smallest absolute Gasteiger partial charge is 0.310 e. The van der Waals surface area contributed by atoms with Gasteiger partial charge in [-0.05, 0) is 176 Å². The molecule has 682 valence electrons. The molecule has 123 heavy (non-hydrogen) atoms. The molecule has 18 aliphatic rings. The summed E-state index contributed by atoms with van der Waals surface area (Å²) in [6, 6.07) is 0. The first-order valence-corrected chi connectivity index (χ1v) is 46.6. The Morgan fingerprint density at radius 3 is 0.829 bits per heavy atom. The highest BCUT2D eigenvalue weighted by molar-refractivity contribution is 5.91. The van der Waals surface area contributed by atoms with Gasteiger partial charge in [0, 0.05) is 59.2 Å². The average molecular weight is 1730 g/mol. The summed E-state index contributed by atoms with van der Waals surface area (Å²) in [6.45, 7) is 28.1. The Bertz CT molecular complexity index is 4030. The molecular weight excluding hydrogens is 1600 g/mol. The Labute approximate surface area is 719 Å². The highest BCUT2D eigenvalue weighted by Crippen LogP contribution is 2.65. The Balaban J connectivity index is 0.000000125. The van der Waals surface area contributed by atoms with Crippen LogP contribution < -0.4 is 0 Å². The van der Waals surface area contributed by atoms with Gasteiger partial charge in [0.25, 0.3) is 0 Å². The maximum absolute atomic E-state index is 13.0. The zero-order valence-corrected chi connectivity index (χ0v) is 74.1. The van der Waals surface area contributed by atoms with Gasteiger partial charge < -0.3 is 71.1 Å². The van der Waals surface area contributed by atoms with Crippen LogP contribution in [0.5, 0.6) is 0 Å². The molecule has 0 N–H and O–H groups in total. The molecule has 0 amide bonds. The van der Waals surface area contributed by atoms with E-state index in [0.717, 1.165) is 77.0 Å². The molecule has 30 nitrogen and oxygen atoms in total. The van der Waals surface area contributed by atoms with Crippen LogP contribution in [0.2, 0.25) is 0 Å². The molecule has 35 unspecified atom stereocenters. The predicted octanol–water partition coefficient (Wildman–Crippen LogP) is 10.9. The minimum atomic E-state index is -0.621. The van der Waals surface area contributed by atoms with E-state index in [4.69, 9.17) is 71.1 Å². The minimum absolute atomic E-state index is 0.0200. The van der Waals surface area contributed by atoms with Crippen molar-refractivity contribution in [3.8, 4) is 0 Å². The summed E-state index contributed by atoms with van der Waals surface area (Å²) in [6.07, 6.45) is 15.3. The van der Waals surface area contributed by atoms with Gasteiger partial charge in [0.1, 0.15) is 84.4 Å². The van der Waals surface area contributed by atoms with Crippen molar-refractivity contribution in [2.45, 2.75) is 336 Å². The molecule has 13 saturated carbocycles. The summed E-state index contributed by atoms with van der Waals surface area (Å²) >= 11 is 0. The van der Waals surface area contributed by atoms with Crippen molar-refractivity contribution in [2.24, 2.45) is 148 Å². The molecule has 0 aromatic rings. The van der Waals surface area contributed by atoms with Crippen molar-refractivity contribution in [1.82, 2.24) is 0 Å². The maximum atomic E-state index is 13.0. The van der Waals surface area contributed by atoms with Gasteiger partial charge in [0.15, 0.2) is 0 Å². The van der Waals surface area contributed by atoms with Crippen molar-refractivity contribution in [3.05, 3.63) is 0 Å². The molecule has 10 bridgehead atoms. The van der Waals surface area contributed by atoms with Crippen LogP contribution in [0.15, 0.2) is 0 Å². The van der Waals surface area contributed by atoms with E-state index in [-0.39, 0.29) is 215 Å². The molecular formula is C93H130O30. The summed E-state index contributed by atoms with van der Waals surface area (Å²) in [7, 11) is 0. The zero-order valence-electron chi connectivity index (χ0n) is 74.1. The number of rotatable bonds is 24. The SMILES string of the molecule is CCC(C)C(=O)OC1C2CC3C1OC(=O)C3C2C(=O)OC(C)(C)C.CCC(C)C(=O)OC1C2CC3C1OC(=O)C3C2C(=O)OC1(C)CCCC1.CCC(C)C(=O)OC1C2CC3C1OC(=O)C3C2C(=O)OC1CCCC1.CCC(C)C(=O)OC1C2CC3C1OC(=O)C3C2C(=O)OC1CCCCC1.CCOC(=O)C1C2CC3C(OC(=O)C31)C2OC(=O)C(C)CC. The van der Waals surface area contributed by atoms with Crippen LogP contribution in [-0.2, 0) is 143 Å². The fraction of sp³-hybridized carbons (Fsp3) is 0.839. The molecule has 18 rings (SSSR count). The Kier molecular flexibility index (Phi) is 27.3. The van der Waals surface area contributed by atoms with E-state index in [2.05, 4.69) is 0 Å². The van der Waals surface area contributed by atoms with Crippen molar-refractivity contribution in [2.75, 3.05) is 6.61 Å². The van der Waals surface area contributed by atoms with Gasteiger partial charge in [-0.3, -0.25) is 71.9 Å². The molecule has 5 heterocycles. The van der Waals surface area contributed by atoms with Gasteiger partial charge in [-0.1, -0.05) is 75.7 Å². The average Bonchev–Trinajstić information content (AvgIpc) is 1.58. The second kappa shape index (κ2) is 36.8. The monoisotopic (exact) mass is 1730 g/mol. The number of esters is 15. The van der Waals surface area contributed by atoms with Crippen LogP contribution in [0.1, 0.15) is 252 Å². The van der Waals surface area contributed by atoms with Gasteiger partial charge in [-0.15, -0.1) is 0 Å². The lowest BCUT2D eigenvalue weighted by Crippen LogP contribution is -2.45. The largest absolute Gasteiger partial charge is 0.466 e. The highest BCUT2D eigenvalue weighted by Gasteiger charge is 2.76. The van der Waals surface area contributed by atoms with Crippen LogP contribution >= 0.6 is 0 Å². The number of fused-ring (bicyclic) bond motifs is 5. The summed E-state index contributed by atoms with van der Waals surface area (Å²) in [4.78, 5) is 186. The zero-order chi connectivity index (χ0) is 88.6. The standard InChI is InChI=1S/2C20H28O6.C19H26O6.C18H26O6.C16H22O6/c1-4-10(2)17(21)24-15-12-9-11-13(18(22)25-16(11)15)14(12)19(23)26-20(3)7-5-6-8-20;1-3-10(2)18(21)25-16-12-9-13-15(20(23)26-17(13)16)14(12)19(22)24-11-7-5-4-6-8-11;1-3-9(2)17(20)24-15-11-8-12-14(19(22)25-16(12)15)13(11)18(21)23-10-6-4-5-7-10;1-6-8(2)15(19)22-13-10-7-9-11(16(20)23-14(9)13)12(10)17(21)24-18(3,4)5;1-4-7(3)14(17)21-12-8-6-9-11(16(19)22-13(9)12)10(8)15(18)20-5-2/h10-16H,4-9H2,1-3H3;10-17H,3-9H2,1-2H3;9-16H,3-8H2,1-2H3;8-14H,6-7H2,1-5H3;7-13H,4-6H2,1-3H3. The lowest BCUT2D eigenvalue weighted by molar-refractivity contribution is -0.175. The third-order valence-corrected chi connectivity index (χ3v) is 31.5.